The van der Waals surface area contributed by atoms with Crippen molar-refractivity contribution in [2.24, 2.45) is 0 Å². The maximum absolute atomic E-state index is 12.7. The number of amides is 1. The zero-order chi connectivity index (χ0) is 19.7. The first-order valence-corrected chi connectivity index (χ1v) is 8.06. The minimum atomic E-state index is -4.69. The van der Waals surface area contributed by atoms with E-state index in [1.807, 2.05) is 6.07 Å². The minimum absolute atomic E-state index is 0.0867. The number of para-hydroxylation sites is 1. The molecule has 27 heavy (non-hydrogen) atoms. The van der Waals surface area contributed by atoms with E-state index >= 15 is 0 Å². The summed E-state index contributed by atoms with van der Waals surface area (Å²) in [5.74, 6) is -1.76. The van der Waals surface area contributed by atoms with Gasteiger partial charge in [-0.25, -0.2) is 0 Å². The normalized spacial score (nSPS) is 12.0. The molecular formula is C19H16F3N3O2. The third-order valence-corrected chi connectivity index (χ3v) is 4.13. The average Bonchev–Trinajstić information content (AvgIpc) is 3.14. The van der Waals surface area contributed by atoms with Crippen LogP contribution < -0.4 is 5.32 Å². The Labute approximate surface area is 153 Å². The van der Waals surface area contributed by atoms with Crippen LogP contribution in [0.15, 0.2) is 59.1 Å². The molecular weight excluding hydrogens is 359 g/mol. The highest BCUT2D eigenvalue weighted by Crippen LogP contribution is 2.33. The maximum Gasteiger partial charge on any atom is 0.471 e. The molecule has 0 spiro atoms. The molecule has 8 heteroatoms. The second kappa shape index (κ2) is 6.86. The maximum atomic E-state index is 12.7. The van der Waals surface area contributed by atoms with Gasteiger partial charge in [-0.3, -0.25) is 4.79 Å². The number of hydrogen-bond donors (Lipinski definition) is 1. The number of nitrogens with zero attached hydrogens (tertiary/aromatic N) is 2. The molecule has 0 atom stereocenters. The Morgan fingerprint density at radius 2 is 1.63 bits per heavy atom. The number of alkyl halides is 3. The summed E-state index contributed by atoms with van der Waals surface area (Å²) in [6, 6.07) is 15.5. The molecule has 1 aromatic heterocycles. The molecule has 5 nitrogen and oxygen atoms in total. The highest BCUT2D eigenvalue weighted by atomic mass is 19.4. The molecule has 0 saturated carbocycles. The van der Waals surface area contributed by atoms with E-state index in [0.717, 1.165) is 0 Å². The zero-order valence-corrected chi connectivity index (χ0v) is 14.5. The van der Waals surface area contributed by atoms with Gasteiger partial charge < -0.3 is 9.84 Å². The fraction of sp³-hybridized carbons (Fsp3) is 0.211. The van der Waals surface area contributed by atoms with Gasteiger partial charge in [-0.2, -0.15) is 18.2 Å². The number of nitrogens with one attached hydrogen (secondary N) is 1. The SMILES string of the molecule is CC(C)(c1ccc(C(=O)Nc2ccccc2)cc1)c1noc(C(F)(F)F)n1. The highest BCUT2D eigenvalue weighted by Gasteiger charge is 2.40. The van der Waals surface area contributed by atoms with Crippen LogP contribution in [0.25, 0.3) is 0 Å². The second-order valence-electron chi connectivity index (χ2n) is 6.44. The third-order valence-electron chi connectivity index (χ3n) is 4.13. The summed E-state index contributed by atoms with van der Waals surface area (Å²) in [5.41, 5.74) is 0.802. The van der Waals surface area contributed by atoms with E-state index in [1.54, 1.807) is 62.4 Å². The van der Waals surface area contributed by atoms with Gasteiger partial charge in [0.15, 0.2) is 5.82 Å². The lowest BCUT2D eigenvalue weighted by Crippen LogP contribution is -2.21. The summed E-state index contributed by atoms with van der Waals surface area (Å²) in [4.78, 5) is 15.7. The summed E-state index contributed by atoms with van der Waals surface area (Å²) in [7, 11) is 0. The molecule has 3 rings (SSSR count). The number of carbonyl (C=O) groups excluding carboxylic acids is 1. The molecule has 3 aromatic rings. The molecule has 140 valence electrons. The number of halogens is 3. The molecule has 0 bridgehead atoms. The number of rotatable bonds is 4. The van der Waals surface area contributed by atoms with Crippen LogP contribution in [0.1, 0.15) is 41.5 Å². The lowest BCUT2D eigenvalue weighted by atomic mass is 9.83. The van der Waals surface area contributed by atoms with Crippen molar-refractivity contribution in [3.05, 3.63) is 77.4 Å². The Morgan fingerprint density at radius 1 is 1.00 bits per heavy atom. The molecule has 0 aliphatic heterocycles. The molecule has 0 aliphatic carbocycles. The first kappa shape index (κ1) is 18.6. The van der Waals surface area contributed by atoms with Crippen molar-refractivity contribution in [2.75, 3.05) is 5.32 Å². The van der Waals surface area contributed by atoms with Gasteiger partial charge in [0.25, 0.3) is 5.91 Å². The fourth-order valence-corrected chi connectivity index (χ4v) is 2.48. The van der Waals surface area contributed by atoms with Gasteiger partial charge in [0.05, 0.1) is 5.41 Å². The van der Waals surface area contributed by atoms with Crippen molar-refractivity contribution >= 4 is 11.6 Å². The van der Waals surface area contributed by atoms with Crippen molar-refractivity contribution in [2.45, 2.75) is 25.4 Å². The van der Waals surface area contributed by atoms with Crippen LogP contribution in [-0.4, -0.2) is 16.0 Å². The number of benzene rings is 2. The number of aromatic nitrogens is 2. The minimum Gasteiger partial charge on any atom is -0.329 e. The summed E-state index contributed by atoms with van der Waals surface area (Å²) in [6.07, 6.45) is -4.69. The number of hydrogen-bond acceptors (Lipinski definition) is 4. The largest absolute Gasteiger partial charge is 0.471 e. The zero-order valence-electron chi connectivity index (χ0n) is 14.5. The number of anilines is 1. The smallest absolute Gasteiger partial charge is 0.329 e. The van der Waals surface area contributed by atoms with Gasteiger partial charge in [-0.1, -0.05) is 35.5 Å². The van der Waals surface area contributed by atoms with E-state index in [-0.39, 0.29) is 11.7 Å². The fourth-order valence-electron chi connectivity index (χ4n) is 2.48. The molecule has 0 fully saturated rings. The third kappa shape index (κ3) is 3.99. The van der Waals surface area contributed by atoms with E-state index in [4.69, 9.17) is 0 Å². The van der Waals surface area contributed by atoms with Gasteiger partial charge in [0, 0.05) is 11.3 Å². The van der Waals surface area contributed by atoms with Crippen LogP contribution in [0.3, 0.4) is 0 Å². The van der Waals surface area contributed by atoms with Gasteiger partial charge in [0.2, 0.25) is 0 Å². The monoisotopic (exact) mass is 375 g/mol. The van der Waals surface area contributed by atoms with Crippen LogP contribution in [-0.2, 0) is 11.6 Å². The van der Waals surface area contributed by atoms with E-state index in [9.17, 15) is 18.0 Å². The van der Waals surface area contributed by atoms with Crippen molar-refractivity contribution in [3.8, 4) is 0 Å². The molecule has 2 aromatic carbocycles. The van der Waals surface area contributed by atoms with Crippen molar-refractivity contribution < 1.29 is 22.5 Å². The lowest BCUT2D eigenvalue weighted by molar-refractivity contribution is -0.159. The predicted molar refractivity (Wildman–Crippen MR) is 92.3 cm³/mol. The summed E-state index contributed by atoms with van der Waals surface area (Å²) < 4.78 is 42.3. The molecule has 1 heterocycles. The van der Waals surface area contributed by atoms with E-state index in [0.29, 0.717) is 16.8 Å². The molecule has 1 amide bonds. The van der Waals surface area contributed by atoms with Crippen LogP contribution in [0.5, 0.6) is 0 Å². The summed E-state index contributed by atoms with van der Waals surface area (Å²) in [5, 5.41) is 6.22. The van der Waals surface area contributed by atoms with Gasteiger partial charge >= 0.3 is 12.1 Å². The topological polar surface area (TPSA) is 68.0 Å². The summed E-state index contributed by atoms with van der Waals surface area (Å²) >= 11 is 0. The standard InChI is InChI=1S/C19H16F3N3O2/c1-18(2,16-24-17(27-25-16)19(20,21)22)13-10-8-12(9-11-13)15(26)23-14-6-4-3-5-7-14/h3-11H,1-2H3,(H,23,26). The van der Waals surface area contributed by atoms with E-state index < -0.39 is 17.5 Å². The van der Waals surface area contributed by atoms with Gasteiger partial charge in [-0.15, -0.1) is 0 Å². The number of carbonyl (C=O) groups is 1. The molecule has 0 saturated heterocycles. The first-order valence-electron chi connectivity index (χ1n) is 8.06. The Morgan fingerprint density at radius 3 is 2.19 bits per heavy atom. The molecule has 0 aliphatic rings. The Kier molecular flexibility index (Phi) is 4.73. The van der Waals surface area contributed by atoms with Gasteiger partial charge in [-0.05, 0) is 43.7 Å². The van der Waals surface area contributed by atoms with Crippen LogP contribution in [0, 0.1) is 0 Å². The van der Waals surface area contributed by atoms with Crippen LogP contribution in [0.4, 0.5) is 18.9 Å². The van der Waals surface area contributed by atoms with Gasteiger partial charge in [0.1, 0.15) is 0 Å². The van der Waals surface area contributed by atoms with Crippen molar-refractivity contribution in [1.29, 1.82) is 0 Å². The Balaban J connectivity index is 1.79. The Bertz CT molecular complexity index is 933. The first-order chi connectivity index (χ1) is 12.7. The van der Waals surface area contributed by atoms with Crippen molar-refractivity contribution in [1.82, 2.24) is 10.1 Å². The molecule has 0 unspecified atom stereocenters. The average molecular weight is 375 g/mol. The molecule has 1 N–H and O–H groups in total. The highest BCUT2D eigenvalue weighted by molar-refractivity contribution is 6.04. The van der Waals surface area contributed by atoms with Crippen LogP contribution >= 0.6 is 0 Å². The summed E-state index contributed by atoms with van der Waals surface area (Å²) in [6.45, 7) is 3.36. The Hall–Kier alpha value is -3.16. The predicted octanol–water partition coefficient (Wildman–Crippen LogP) is 4.67. The van der Waals surface area contributed by atoms with Crippen molar-refractivity contribution in [3.63, 3.8) is 0 Å². The lowest BCUT2D eigenvalue weighted by Gasteiger charge is -2.21. The van der Waals surface area contributed by atoms with E-state index in [2.05, 4.69) is 20.0 Å². The van der Waals surface area contributed by atoms with E-state index in [1.165, 1.54) is 0 Å². The van der Waals surface area contributed by atoms with Crippen LogP contribution in [0.2, 0.25) is 0 Å². The second-order valence-corrected chi connectivity index (χ2v) is 6.44. The molecule has 0 radical (unpaired) electrons. The quantitative estimate of drug-likeness (QED) is 0.720.